The minimum absolute atomic E-state index is 0.294. The van der Waals surface area contributed by atoms with Crippen LogP contribution in [-0.4, -0.2) is 28.7 Å². The molecule has 3 N–H and O–H groups in total. The van der Waals surface area contributed by atoms with E-state index in [9.17, 15) is 9.59 Å². The van der Waals surface area contributed by atoms with Crippen LogP contribution in [0.15, 0.2) is 24.3 Å². The van der Waals surface area contributed by atoms with E-state index in [1.807, 2.05) is 19.1 Å². The van der Waals surface area contributed by atoms with E-state index in [4.69, 9.17) is 15.6 Å². The van der Waals surface area contributed by atoms with Gasteiger partial charge < -0.3 is 15.6 Å². The van der Waals surface area contributed by atoms with Crippen LogP contribution in [0.3, 0.4) is 0 Å². The number of carboxylic acids is 1. The Bertz CT molecular complexity index is 502. The number of carbonyl (C=O) groups excluding carboxylic acids is 1. The van der Waals surface area contributed by atoms with Crippen molar-refractivity contribution in [2.45, 2.75) is 51.7 Å². The summed E-state index contributed by atoms with van der Waals surface area (Å²) in [5.74, 6) is -2.33. The van der Waals surface area contributed by atoms with Crippen molar-refractivity contribution in [2.24, 2.45) is 5.73 Å². The highest BCUT2D eigenvalue weighted by Crippen LogP contribution is 2.25. The number of hydrogen-bond donors (Lipinski definition) is 2. The van der Waals surface area contributed by atoms with Crippen LogP contribution in [-0.2, 0) is 14.3 Å². The maximum absolute atomic E-state index is 12.4. The van der Waals surface area contributed by atoms with Crippen LogP contribution >= 0.6 is 0 Å². The topological polar surface area (TPSA) is 89.6 Å². The van der Waals surface area contributed by atoms with E-state index in [0.717, 1.165) is 5.56 Å². The second-order valence-corrected chi connectivity index (χ2v) is 6.18. The molecule has 0 amide bonds. The molecule has 0 aliphatic heterocycles. The van der Waals surface area contributed by atoms with Crippen LogP contribution in [0, 0.1) is 6.92 Å². The van der Waals surface area contributed by atoms with Crippen LogP contribution < -0.4 is 5.73 Å². The Labute approximate surface area is 125 Å². The van der Waals surface area contributed by atoms with E-state index < -0.39 is 29.5 Å². The quantitative estimate of drug-likeness (QED) is 0.812. The van der Waals surface area contributed by atoms with Gasteiger partial charge in [-0.3, -0.25) is 9.59 Å². The molecule has 1 aromatic carbocycles. The van der Waals surface area contributed by atoms with Gasteiger partial charge in [0, 0.05) is 6.04 Å². The molecule has 0 fully saturated rings. The molecular weight excluding hydrogens is 270 g/mol. The highest BCUT2D eigenvalue weighted by atomic mass is 16.6. The van der Waals surface area contributed by atoms with Crippen LogP contribution in [0.25, 0.3) is 0 Å². The molecule has 0 aromatic heterocycles. The van der Waals surface area contributed by atoms with Gasteiger partial charge in [-0.1, -0.05) is 29.8 Å². The summed E-state index contributed by atoms with van der Waals surface area (Å²) in [4.78, 5) is 23.2. The fraction of sp³-hybridized carbons (Fsp3) is 0.500. The molecule has 21 heavy (non-hydrogen) atoms. The first-order valence-electron chi connectivity index (χ1n) is 6.87. The Morgan fingerprint density at radius 1 is 1.24 bits per heavy atom. The number of carboxylic acid groups (broad SMARTS) is 1. The third-order valence-electron chi connectivity index (χ3n) is 2.94. The zero-order valence-electron chi connectivity index (χ0n) is 12.9. The summed E-state index contributed by atoms with van der Waals surface area (Å²) < 4.78 is 5.38. The summed E-state index contributed by atoms with van der Waals surface area (Å²) in [6.07, 6.45) is -0.294. The van der Waals surface area contributed by atoms with Gasteiger partial charge in [-0.25, -0.2) is 0 Å². The number of ether oxygens (including phenoxy) is 1. The zero-order valence-corrected chi connectivity index (χ0v) is 12.9. The maximum Gasteiger partial charge on any atom is 0.315 e. The number of esters is 1. The molecule has 0 bridgehead atoms. The smallest absolute Gasteiger partial charge is 0.315 e. The van der Waals surface area contributed by atoms with Crippen LogP contribution in [0.1, 0.15) is 44.2 Å². The Balaban J connectivity index is 3.07. The van der Waals surface area contributed by atoms with Crippen molar-refractivity contribution in [3.05, 3.63) is 35.4 Å². The predicted octanol–water partition coefficient (Wildman–Crippen LogP) is 2.22. The largest absolute Gasteiger partial charge is 0.481 e. The number of hydrogen-bond acceptors (Lipinski definition) is 4. The molecule has 116 valence electrons. The van der Waals surface area contributed by atoms with Crippen LogP contribution in [0.2, 0.25) is 0 Å². The normalized spacial score (nSPS) is 14.3. The molecule has 0 aliphatic carbocycles. The first kappa shape index (κ1) is 17.2. The maximum atomic E-state index is 12.4. The van der Waals surface area contributed by atoms with Crippen molar-refractivity contribution in [2.75, 3.05) is 0 Å². The van der Waals surface area contributed by atoms with Gasteiger partial charge in [-0.2, -0.15) is 0 Å². The highest BCUT2D eigenvalue weighted by Gasteiger charge is 2.32. The monoisotopic (exact) mass is 293 g/mol. The third kappa shape index (κ3) is 5.55. The Morgan fingerprint density at radius 3 is 2.19 bits per heavy atom. The molecule has 2 atom stereocenters. The molecule has 1 unspecified atom stereocenters. The molecule has 0 radical (unpaired) electrons. The van der Waals surface area contributed by atoms with E-state index in [-0.39, 0.29) is 6.42 Å². The molecule has 0 aliphatic rings. The number of carbonyl (C=O) groups is 2. The number of aliphatic carboxylic acids is 1. The van der Waals surface area contributed by atoms with Crippen molar-refractivity contribution in [1.82, 2.24) is 0 Å². The molecule has 0 saturated heterocycles. The van der Waals surface area contributed by atoms with E-state index in [1.54, 1.807) is 32.9 Å². The SMILES string of the molecule is Cc1ccc(C(C(=O)OC(C)(C)C)[C@@H](N)CC(=O)O)cc1. The summed E-state index contributed by atoms with van der Waals surface area (Å²) >= 11 is 0. The van der Waals surface area contributed by atoms with Gasteiger partial charge in [0.2, 0.25) is 0 Å². The van der Waals surface area contributed by atoms with Gasteiger partial charge in [0.25, 0.3) is 0 Å². The molecule has 0 spiro atoms. The van der Waals surface area contributed by atoms with Crippen molar-refractivity contribution in [1.29, 1.82) is 0 Å². The van der Waals surface area contributed by atoms with Gasteiger partial charge in [0.15, 0.2) is 0 Å². The highest BCUT2D eigenvalue weighted by molar-refractivity contribution is 5.81. The molecule has 1 aromatic rings. The fourth-order valence-electron chi connectivity index (χ4n) is 2.02. The summed E-state index contributed by atoms with van der Waals surface area (Å²) in [7, 11) is 0. The fourth-order valence-corrected chi connectivity index (χ4v) is 2.02. The van der Waals surface area contributed by atoms with Crippen molar-refractivity contribution >= 4 is 11.9 Å². The van der Waals surface area contributed by atoms with Gasteiger partial charge in [0.05, 0.1) is 12.3 Å². The molecular formula is C16H23NO4. The molecule has 5 nitrogen and oxygen atoms in total. The van der Waals surface area contributed by atoms with Crippen molar-refractivity contribution in [3.63, 3.8) is 0 Å². The van der Waals surface area contributed by atoms with Crippen molar-refractivity contribution < 1.29 is 19.4 Å². The number of nitrogens with two attached hydrogens (primary N) is 1. The summed E-state index contributed by atoms with van der Waals surface area (Å²) in [5.41, 5.74) is 7.00. The van der Waals surface area contributed by atoms with E-state index in [0.29, 0.717) is 5.56 Å². The number of rotatable bonds is 5. The van der Waals surface area contributed by atoms with Gasteiger partial charge >= 0.3 is 11.9 Å². The van der Waals surface area contributed by atoms with Gasteiger partial charge in [-0.15, -0.1) is 0 Å². The lowest BCUT2D eigenvalue weighted by molar-refractivity contribution is -0.157. The van der Waals surface area contributed by atoms with Crippen molar-refractivity contribution in [3.8, 4) is 0 Å². The molecule has 5 heteroatoms. The lowest BCUT2D eigenvalue weighted by atomic mass is 9.89. The summed E-state index contributed by atoms with van der Waals surface area (Å²) in [6.45, 7) is 7.23. The Hall–Kier alpha value is -1.88. The van der Waals surface area contributed by atoms with Crippen LogP contribution in [0.4, 0.5) is 0 Å². The molecule has 0 heterocycles. The third-order valence-corrected chi connectivity index (χ3v) is 2.94. The lowest BCUT2D eigenvalue weighted by Crippen LogP contribution is -2.39. The number of aryl methyl sites for hydroxylation is 1. The Morgan fingerprint density at radius 2 is 1.76 bits per heavy atom. The average molecular weight is 293 g/mol. The summed E-state index contributed by atoms with van der Waals surface area (Å²) in [6, 6.07) is 6.46. The van der Waals surface area contributed by atoms with E-state index in [2.05, 4.69) is 0 Å². The lowest BCUT2D eigenvalue weighted by Gasteiger charge is -2.27. The van der Waals surface area contributed by atoms with Gasteiger partial charge in [0.1, 0.15) is 5.60 Å². The first-order valence-corrected chi connectivity index (χ1v) is 6.87. The summed E-state index contributed by atoms with van der Waals surface area (Å²) in [5, 5.41) is 8.91. The second kappa shape index (κ2) is 6.72. The molecule has 0 saturated carbocycles. The zero-order chi connectivity index (χ0) is 16.2. The average Bonchev–Trinajstić information content (AvgIpc) is 2.28. The standard InChI is InChI=1S/C16H23NO4/c1-10-5-7-11(8-6-10)14(12(17)9-13(18)19)15(20)21-16(2,3)4/h5-8,12,14H,9,17H2,1-4H3,(H,18,19)/t12-,14?/m0/s1. The minimum atomic E-state index is -1.04. The van der Waals surface area contributed by atoms with E-state index in [1.165, 1.54) is 0 Å². The molecule has 1 rings (SSSR count). The number of benzene rings is 1. The minimum Gasteiger partial charge on any atom is -0.481 e. The van der Waals surface area contributed by atoms with Crippen LogP contribution in [0.5, 0.6) is 0 Å². The second-order valence-electron chi connectivity index (χ2n) is 6.18. The Kier molecular flexibility index (Phi) is 5.49. The first-order chi connectivity index (χ1) is 9.60. The predicted molar refractivity (Wildman–Crippen MR) is 80.0 cm³/mol. The van der Waals surface area contributed by atoms with E-state index >= 15 is 0 Å². The van der Waals surface area contributed by atoms with Gasteiger partial charge in [-0.05, 0) is 33.3 Å².